The van der Waals surface area contributed by atoms with Crippen LogP contribution in [0.3, 0.4) is 0 Å². The van der Waals surface area contributed by atoms with Gasteiger partial charge in [0.15, 0.2) is 0 Å². The molecule has 3 rings (SSSR count). The molecule has 0 spiro atoms. The predicted octanol–water partition coefficient (Wildman–Crippen LogP) is 2.81. The number of benzene rings is 1. The van der Waals surface area contributed by atoms with Gasteiger partial charge in [-0.25, -0.2) is 0 Å². The van der Waals surface area contributed by atoms with E-state index in [1.54, 1.807) is 0 Å². The number of esters is 1. The van der Waals surface area contributed by atoms with E-state index in [1.807, 2.05) is 24.3 Å². The Kier molecular flexibility index (Phi) is 6.58. The van der Waals surface area contributed by atoms with E-state index < -0.39 is 10.1 Å². The highest BCUT2D eigenvalue weighted by atomic mass is 127. The first-order valence-electron chi connectivity index (χ1n) is 8.91. The molecule has 2 bridgehead atoms. The van der Waals surface area contributed by atoms with Crippen LogP contribution in [-0.4, -0.2) is 50.8 Å². The van der Waals surface area contributed by atoms with E-state index in [0.29, 0.717) is 18.2 Å². The van der Waals surface area contributed by atoms with Gasteiger partial charge in [0.25, 0.3) is 10.1 Å². The molecule has 2 aliphatic heterocycles. The maximum atomic E-state index is 12.8. The SMILES string of the molecule is CS(=O)(=O)OCCCN1C2CCC(C(=O)Oc3ccccc3I)C1CC2. The third-order valence-corrected chi connectivity index (χ3v) is 6.66. The Balaban J connectivity index is 1.59. The van der Waals surface area contributed by atoms with Crippen molar-refractivity contribution in [3.63, 3.8) is 0 Å². The molecule has 2 saturated heterocycles. The molecule has 0 aromatic heterocycles. The highest BCUT2D eigenvalue weighted by Crippen LogP contribution is 2.40. The number of nitrogens with zero attached hydrogens (tertiary/aromatic N) is 1. The van der Waals surface area contributed by atoms with E-state index >= 15 is 0 Å². The van der Waals surface area contributed by atoms with E-state index in [1.165, 1.54) is 0 Å². The quantitative estimate of drug-likeness (QED) is 0.191. The highest BCUT2D eigenvalue weighted by Gasteiger charge is 2.45. The fourth-order valence-corrected chi connectivity index (χ4v) is 4.98. The third kappa shape index (κ3) is 4.96. The normalized spacial score (nSPS) is 26.0. The summed E-state index contributed by atoms with van der Waals surface area (Å²) in [5, 5.41) is 0. The van der Waals surface area contributed by atoms with Crippen LogP contribution < -0.4 is 4.74 Å². The van der Waals surface area contributed by atoms with E-state index in [4.69, 9.17) is 8.92 Å². The topological polar surface area (TPSA) is 72.9 Å². The monoisotopic (exact) mass is 493 g/mol. The number of hydrogen-bond acceptors (Lipinski definition) is 6. The largest absolute Gasteiger partial charge is 0.425 e. The number of ether oxygens (including phenoxy) is 1. The van der Waals surface area contributed by atoms with Crippen LogP contribution in [0.1, 0.15) is 32.1 Å². The van der Waals surface area contributed by atoms with Gasteiger partial charge in [0.1, 0.15) is 5.75 Å². The Hall–Kier alpha value is -0.710. The van der Waals surface area contributed by atoms with Crippen molar-refractivity contribution in [2.75, 3.05) is 19.4 Å². The number of para-hydroxylation sites is 1. The average molecular weight is 493 g/mol. The third-order valence-electron chi connectivity index (χ3n) is 5.17. The van der Waals surface area contributed by atoms with Crippen molar-refractivity contribution in [2.24, 2.45) is 5.92 Å². The van der Waals surface area contributed by atoms with Gasteiger partial charge in [0, 0.05) is 18.6 Å². The van der Waals surface area contributed by atoms with E-state index in [2.05, 4.69) is 27.5 Å². The Bertz CT molecular complexity index is 754. The molecule has 2 heterocycles. The Labute approximate surface area is 168 Å². The summed E-state index contributed by atoms with van der Waals surface area (Å²) in [5.41, 5.74) is 0. The van der Waals surface area contributed by atoms with Gasteiger partial charge >= 0.3 is 5.97 Å². The second-order valence-corrected chi connectivity index (χ2v) is 9.76. The molecule has 3 unspecified atom stereocenters. The van der Waals surface area contributed by atoms with Gasteiger partial charge in [-0.1, -0.05) is 12.1 Å². The van der Waals surface area contributed by atoms with Crippen molar-refractivity contribution in [1.82, 2.24) is 4.90 Å². The molecule has 0 radical (unpaired) electrons. The van der Waals surface area contributed by atoms with Crippen LogP contribution in [0, 0.1) is 9.49 Å². The molecule has 0 aliphatic carbocycles. The number of carbonyl (C=O) groups excluding carboxylic acids is 1. The van der Waals surface area contributed by atoms with Crippen LogP contribution in [0.15, 0.2) is 24.3 Å². The van der Waals surface area contributed by atoms with Crippen LogP contribution in [0.5, 0.6) is 5.75 Å². The summed E-state index contributed by atoms with van der Waals surface area (Å²) in [7, 11) is -3.39. The van der Waals surface area contributed by atoms with E-state index in [9.17, 15) is 13.2 Å². The van der Waals surface area contributed by atoms with Gasteiger partial charge in [-0.05, 0) is 66.8 Å². The predicted molar refractivity (Wildman–Crippen MR) is 106 cm³/mol. The Morgan fingerprint density at radius 3 is 2.69 bits per heavy atom. The zero-order valence-corrected chi connectivity index (χ0v) is 17.7. The zero-order chi connectivity index (χ0) is 18.7. The molecule has 144 valence electrons. The van der Waals surface area contributed by atoms with Gasteiger partial charge < -0.3 is 4.74 Å². The van der Waals surface area contributed by atoms with Crippen molar-refractivity contribution < 1.29 is 22.1 Å². The number of rotatable bonds is 7. The van der Waals surface area contributed by atoms with E-state index in [0.717, 1.165) is 42.1 Å². The summed E-state index contributed by atoms with van der Waals surface area (Å²) < 4.78 is 33.6. The van der Waals surface area contributed by atoms with Crippen LogP contribution in [-0.2, 0) is 19.1 Å². The Morgan fingerprint density at radius 1 is 1.23 bits per heavy atom. The van der Waals surface area contributed by atoms with Gasteiger partial charge in [0.2, 0.25) is 0 Å². The number of hydrogen-bond donors (Lipinski definition) is 0. The second kappa shape index (κ2) is 8.53. The van der Waals surface area contributed by atoms with Crippen molar-refractivity contribution in [1.29, 1.82) is 0 Å². The standard InChI is InChI=1S/C18H24INO5S/c1-26(22,23)24-12-4-11-20-13-7-9-14(16(20)10-8-13)18(21)25-17-6-3-2-5-15(17)19/h2-3,5-6,13-14,16H,4,7-12H2,1H3. The zero-order valence-electron chi connectivity index (χ0n) is 14.8. The van der Waals surface area contributed by atoms with Gasteiger partial charge in [-0.3, -0.25) is 13.9 Å². The first-order valence-corrected chi connectivity index (χ1v) is 11.8. The van der Waals surface area contributed by atoms with Crippen molar-refractivity contribution in [2.45, 2.75) is 44.2 Å². The minimum Gasteiger partial charge on any atom is -0.425 e. The molecule has 1 aromatic carbocycles. The van der Waals surface area contributed by atoms with Crippen LogP contribution in [0.25, 0.3) is 0 Å². The fourth-order valence-electron chi connectivity index (χ4n) is 4.06. The molecule has 2 aliphatic rings. The molecule has 6 nitrogen and oxygen atoms in total. The summed E-state index contributed by atoms with van der Waals surface area (Å²) in [4.78, 5) is 15.1. The molecular formula is C18H24INO5S. The fraction of sp³-hybridized carbons (Fsp3) is 0.611. The van der Waals surface area contributed by atoms with Crippen molar-refractivity contribution >= 4 is 38.7 Å². The molecular weight excluding hydrogens is 469 g/mol. The minimum absolute atomic E-state index is 0.124. The highest BCUT2D eigenvalue weighted by molar-refractivity contribution is 14.1. The van der Waals surface area contributed by atoms with Crippen LogP contribution in [0.4, 0.5) is 0 Å². The summed E-state index contributed by atoms with van der Waals surface area (Å²) in [6, 6.07) is 8.19. The van der Waals surface area contributed by atoms with Crippen LogP contribution in [0.2, 0.25) is 0 Å². The van der Waals surface area contributed by atoms with Crippen LogP contribution >= 0.6 is 22.6 Å². The minimum atomic E-state index is -3.39. The summed E-state index contributed by atoms with van der Waals surface area (Å²) in [5.74, 6) is 0.337. The molecule has 26 heavy (non-hydrogen) atoms. The lowest BCUT2D eigenvalue weighted by Crippen LogP contribution is -2.48. The molecule has 8 heteroatoms. The molecule has 0 N–H and O–H groups in total. The first kappa shape index (κ1) is 20.0. The molecule has 2 fully saturated rings. The summed E-state index contributed by atoms with van der Waals surface area (Å²) in [6.07, 6.45) is 5.61. The maximum absolute atomic E-state index is 12.8. The van der Waals surface area contributed by atoms with Crippen molar-refractivity contribution in [3.8, 4) is 5.75 Å². The number of carbonyl (C=O) groups is 1. The first-order chi connectivity index (χ1) is 12.3. The van der Waals surface area contributed by atoms with E-state index in [-0.39, 0.29) is 24.5 Å². The molecule has 0 saturated carbocycles. The van der Waals surface area contributed by atoms with Gasteiger partial charge in [-0.2, -0.15) is 8.42 Å². The summed E-state index contributed by atoms with van der Waals surface area (Å²) >= 11 is 2.17. The lowest BCUT2D eigenvalue weighted by molar-refractivity contribution is -0.143. The summed E-state index contributed by atoms with van der Waals surface area (Å²) in [6.45, 7) is 0.934. The number of halogens is 1. The Morgan fingerprint density at radius 2 is 1.96 bits per heavy atom. The molecule has 0 amide bonds. The lowest BCUT2D eigenvalue weighted by Gasteiger charge is -2.38. The average Bonchev–Trinajstić information content (AvgIpc) is 2.83. The van der Waals surface area contributed by atoms with Gasteiger partial charge in [-0.15, -0.1) is 0 Å². The lowest BCUT2D eigenvalue weighted by atomic mass is 9.90. The molecule has 3 atom stereocenters. The number of piperidine rings is 1. The van der Waals surface area contributed by atoms with Crippen molar-refractivity contribution in [3.05, 3.63) is 27.8 Å². The number of fused-ring (bicyclic) bond motifs is 2. The molecule has 1 aromatic rings. The van der Waals surface area contributed by atoms with Gasteiger partial charge in [0.05, 0.1) is 22.4 Å². The maximum Gasteiger partial charge on any atom is 0.315 e. The smallest absolute Gasteiger partial charge is 0.315 e. The second-order valence-electron chi connectivity index (χ2n) is 6.95.